The summed E-state index contributed by atoms with van der Waals surface area (Å²) in [4.78, 5) is 21.1. The van der Waals surface area contributed by atoms with Crippen molar-refractivity contribution in [3.8, 4) is 11.3 Å². The quantitative estimate of drug-likeness (QED) is 0.465. The first-order chi connectivity index (χ1) is 13.7. The third-order valence-electron chi connectivity index (χ3n) is 4.20. The molecule has 3 heterocycles. The van der Waals surface area contributed by atoms with Gasteiger partial charge in [-0.25, -0.2) is 14.4 Å². The van der Waals surface area contributed by atoms with Crippen LogP contribution >= 0.6 is 11.3 Å². The number of thiazole rings is 1. The van der Waals surface area contributed by atoms with E-state index in [1.54, 1.807) is 24.4 Å². The summed E-state index contributed by atoms with van der Waals surface area (Å²) in [6.45, 7) is 1.54. The van der Waals surface area contributed by atoms with Crippen molar-refractivity contribution >= 4 is 28.0 Å². The van der Waals surface area contributed by atoms with Gasteiger partial charge in [-0.1, -0.05) is 0 Å². The number of nitrogens with zero attached hydrogens (tertiary/aromatic N) is 3. The number of anilines is 1. The number of hydrogen-bond donors (Lipinski definition) is 1. The van der Waals surface area contributed by atoms with Crippen molar-refractivity contribution in [2.45, 2.75) is 13.1 Å². The van der Waals surface area contributed by atoms with Crippen LogP contribution in [0.1, 0.15) is 21.7 Å². The lowest BCUT2D eigenvalue weighted by molar-refractivity contribution is -0.137. The maximum absolute atomic E-state index is 13.1. The molecule has 1 amide bonds. The Kier molecular flexibility index (Phi) is 4.58. The van der Waals surface area contributed by atoms with E-state index in [1.165, 1.54) is 18.2 Å². The first kappa shape index (κ1) is 19.1. The molecule has 29 heavy (non-hydrogen) atoms. The zero-order valence-electron chi connectivity index (χ0n) is 14.8. The van der Waals surface area contributed by atoms with Crippen LogP contribution in [0.4, 0.5) is 22.7 Å². The number of aromatic nitrogens is 3. The van der Waals surface area contributed by atoms with Crippen LogP contribution in [0, 0.1) is 12.7 Å². The van der Waals surface area contributed by atoms with Crippen LogP contribution in [0.15, 0.2) is 48.0 Å². The molecule has 3 aromatic heterocycles. The van der Waals surface area contributed by atoms with Crippen LogP contribution in [0.3, 0.4) is 0 Å². The second-order valence-electron chi connectivity index (χ2n) is 6.19. The molecular formula is C19H12F4N4OS. The van der Waals surface area contributed by atoms with Crippen LogP contribution < -0.4 is 5.32 Å². The average molecular weight is 420 g/mol. The zero-order chi connectivity index (χ0) is 20.8. The topological polar surface area (TPSA) is 59.3 Å². The van der Waals surface area contributed by atoms with E-state index in [0.29, 0.717) is 11.3 Å². The van der Waals surface area contributed by atoms with Crippen molar-refractivity contribution in [1.29, 1.82) is 0 Å². The molecule has 0 saturated carbocycles. The predicted molar refractivity (Wildman–Crippen MR) is 100 cm³/mol. The van der Waals surface area contributed by atoms with Crippen LogP contribution in [-0.4, -0.2) is 20.3 Å². The largest absolute Gasteiger partial charge is 0.417 e. The van der Waals surface area contributed by atoms with E-state index in [9.17, 15) is 22.4 Å². The number of fused-ring (bicyclic) bond motifs is 1. The van der Waals surface area contributed by atoms with Crippen LogP contribution in [0.5, 0.6) is 0 Å². The van der Waals surface area contributed by atoms with Gasteiger partial charge in [-0.3, -0.25) is 14.5 Å². The molecule has 148 valence electrons. The van der Waals surface area contributed by atoms with E-state index in [-0.39, 0.29) is 28.0 Å². The molecule has 1 N–H and O–H groups in total. The molecule has 0 atom stereocenters. The van der Waals surface area contributed by atoms with Gasteiger partial charge in [0.25, 0.3) is 5.91 Å². The van der Waals surface area contributed by atoms with Gasteiger partial charge in [-0.15, -0.1) is 11.3 Å². The van der Waals surface area contributed by atoms with E-state index in [4.69, 9.17) is 0 Å². The number of nitrogens with one attached hydrogen (secondary N) is 1. The van der Waals surface area contributed by atoms with E-state index in [2.05, 4.69) is 15.3 Å². The Morgan fingerprint density at radius 1 is 1.10 bits per heavy atom. The van der Waals surface area contributed by atoms with Crippen molar-refractivity contribution in [3.05, 3.63) is 70.7 Å². The lowest BCUT2D eigenvalue weighted by atomic mass is 10.2. The number of hydrogen-bond acceptors (Lipinski definition) is 4. The number of imidazole rings is 1. The summed E-state index contributed by atoms with van der Waals surface area (Å²) < 4.78 is 53.2. The van der Waals surface area contributed by atoms with Crippen molar-refractivity contribution in [2.24, 2.45) is 0 Å². The number of pyridine rings is 1. The van der Waals surface area contributed by atoms with Crippen LogP contribution in [-0.2, 0) is 6.18 Å². The molecular weight excluding hydrogens is 408 g/mol. The smallest absolute Gasteiger partial charge is 0.296 e. The molecule has 0 aliphatic heterocycles. The van der Waals surface area contributed by atoms with Crippen molar-refractivity contribution < 1.29 is 22.4 Å². The minimum absolute atomic E-state index is 0.00960. The summed E-state index contributed by atoms with van der Waals surface area (Å²) in [7, 11) is 0. The number of carbonyl (C=O) groups is 1. The lowest BCUT2D eigenvalue weighted by Gasteiger charge is -2.08. The predicted octanol–water partition coefficient (Wildman–Crippen LogP) is 5.18. The van der Waals surface area contributed by atoms with Crippen molar-refractivity contribution in [3.63, 3.8) is 0 Å². The fourth-order valence-corrected chi connectivity index (χ4v) is 3.56. The minimum Gasteiger partial charge on any atom is -0.296 e. The molecule has 5 nitrogen and oxygen atoms in total. The monoisotopic (exact) mass is 420 g/mol. The molecule has 0 aliphatic carbocycles. The molecule has 1 aromatic carbocycles. The number of benzene rings is 1. The standard InChI is InChI=1S/C19H12F4N4OS/c1-10-16(27-8-12(19(21,22)23)4-7-15(27)24-10)17(28)26-18-25-14(9-29-18)11-2-5-13(20)6-3-11/h2-9H,1H3,(H,25,26,28). The number of rotatable bonds is 3. The van der Waals surface area contributed by atoms with E-state index in [0.717, 1.165) is 28.0 Å². The van der Waals surface area contributed by atoms with Crippen molar-refractivity contribution in [1.82, 2.24) is 14.4 Å². The Bertz CT molecular complexity index is 1210. The summed E-state index contributed by atoms with van der Waals surface area (Å²) in [5.41, 5.74) is 0.835. The third-order valence-corrected chi connectivity index (χ3v) is 4.96. The highest BCUT2D eigenvalue weighted by Gasteiger charge is 2.31. The van der Waals surface area contributed by atoms with E-state index < -0.39 is 17.6 Å². The summed E-state index contributed by atoms with van der Waals surface area (Å²) in [5.74, 6) is -1.01. The number of amides is 1. The second-order valence-corrected chi connectivity index (χ2v) is 7.05. The zero-order valence-corrected chi connectivity index (χ0v) is 15.6. The molecule has 0 spiro atoms. The number of alkyl halides is 3. The van der Waals surface area contributed by atoms with Gasteiger partial charge in [0.15, 0.2) is 5.13 Å². The molecule has 0 bridgehead atoms. The molecule has 4 aromatic rings. The van der Waals surface area contributed by atoms with Gasteiger partial charge >= 0.3 is 6.18 Å². The Labute approximate surface area is 165 Å². The maximum atomic E-state index is 13.1. The molecule has 0 aliphatic rings. The highest BCUT2D eigenvalue weighted by Crippen LogP contribution is 2.30. The highest BCUT2D eigenvalue weighted by atomic mass is 32.1. The molecule has 0 fully saturated rings. The van der Waals surface area contributed by atoms with Gasteiger partial charge in [0, 0.05) is 17.1 Å². The fraction of sp³-hybridized carbons (Fsp3) is 0.105. The van der Waals surface area contributed by atoms with Crippen molar-refractivity contribution in [2.75, 3.05) is 5.32 Å². The van der Waals surface area contributed by atoms with Gasteiger partial charge in [-0.05, 0) is 43.3 Å². The van der Waals surface area contributed by atoms with Gasteiger partial charge < -0.3 is 0 Å². The fourth-order valence-electron chi connectivity index (χ4n) is 2.84. The van der Waals surface area contributed by atoms with Gasteiger partial charge in [0.1, 0.15) is 17.2 Å². The minimum atomic E-state index is -4.54. The summed E-state index contributed by atoms with van der Waals surface area (Å²) >= 11 is 1.15. The highest BCUT2D eigenvalue weighted by molar-refractivity contribution is 7.14. The van der Waals surface area contributed by atoms with E-state index in [1.807, 2.05) is 0 Å². The third kappa shape index (κ3) is 3.70. The molecule has 0 saturated heterocycles. The van der Waals surface area contributed by atoms with Crippen LogP contribution in [0.2, 0.25) is 0 Å². The number of halogens is 4. The summed E-state index contributed by atoms with van der Waals surface area (Å²) in [6.07, 6.45) is -3.70. The Balaban J connectivity index is 1.64. The van der Waals surface area contributed by atoms with Gasteiger partial charge in [-0.2, -0.15) is 13.2 Å². The van der Waals surface area contributed by atoms with Gasteiger partial charge in [0.05, 0.1) is 17.0 Å². The molecule has 4 rings (SSSR count). The molecule has 10 heteroatoms. The summed E-state index contributed by atoms with van der Waals surface area (Å²) in [6, 6.07) is 7.84. The number of carbonyl (C=O) groups excluding carboxylic acids is 1. The van der Waals surface area contributed by atoms with E-state index >= 15 is 0 Å². The Morgan fingerprint density at radius 2 is 1.83 bits per heavy atom. The Morgan fingerprint density at radius 3 is 2.52 bits per heavy atom. The summed E-state index contributed by atoms with van der Waals surface area (Å²) in [5, 5.41) is 4.54. The lowest BCUT2D eigenvalue weighted by Crippen LogP contribution is -2.16. The average Bonchev–Trinajstić information content (AvgIpc) is 3.24. The Hall–Kier alpha value is -3.27. The second kappa shape index (κ2) is 6.96. The first-order valence-electron chi connectivity index (χ1n) is 8.31. The van der Waals surface area contributed by atoms with Crippen LogP contribution in [0.25, 0.3) is 16.9 Å². The maximum Gasteiger partial charge on any atom is 0.417 e. The first-order valence-corrected chi connectivity index (χ1v) is 9.19. The SMILES string of the molecule is Cc1nc2ccc(C(F)(F)F)cn2c1C(=O)Nc1nc(-c2ccc(F)cc2)cs1. The molecule has 0 radical (unpaired) electrons. The molecule has 0 unspecified atom stereocenters. The van der Waals surface area contributed by atoms with Gasteiger partial charge in [0.2, 0.25) is 0 Å². The normalized spacial score (nSPS) is 11.8. The number of aryl methyl sites for hydroxylation is 1.